The van der Waals surface area contributed by atoms with Crippen molar-refractivity contribution in [3.8, 4) is 16.9 Å². The van der Waals surface area contributed by atoms with Gasteiger partial charge in [0.1, 0.15) is 0 Å². The lowest BCUT2D eigenvalue weighted by Crippen LogP contribution is -2.03. The van der Waals surface area contributed by atoms with E-state index in [0.29, 0.717) is 26.3 Å². The molecule has 0 amide bonds. The molecule has 2 aromatic heterocycles. The van der Waals surface area contributed by atoms with Gasteiger partial charge < -0.3 is 14.4 Å². The van der Waals surface area contributed by atoms with Crippen molar-refractivity contribution in [1.29, 1.82) is 0 Å². The highest BCUT2D eigenvalue weighted by atomic mass is 35.5. The number of imidazole rings is 1. The number of carbonyl (C=O) groups is 1. The number of benzene rings is 2. The molecule has 0 atom stereocenters. The van der Waals surface area contributed by atoms with Crippen molar-refractivity contribution in [3.63, 3.8) is 0 Å². The fraction of sp³-hybridized carbons (Fsp3) is 0.136. The monoisotopic (exact) mass is 475 g/mol. The maximum atomic E-state index is 10.7. The van der Waals surface area contributed by atoms with E-state index in [9.17, 15) is 4.79 Å². The van der Waals surface area contributed by atoms with Crippen LogP contribution in [0.15, 0.2) is 55.1 Å². The SMILES string of the molecule is O=C(O)CCOCc1cc(Cl)cc(-c2cc(-n3ccnc3)c3ccc(Cl)c(Cl)c3n2)c1. The van der Waals surface area contributed by atoms with E-state index >= 15 is 0 Å². The summed E-state index contributed by atoms with van der Waals surface area (Å²) in [6.45, 7) is 0.347. The first-order valence-electron chi connectivity index (χ1n) is 9.29. The molecule has 0 fully saturated rings. The number of halogens is 3. The molecule has 4 aromatic rings. The normalized spacial score (nSPS) is 11.2. The molecule has 2 aromatic carbocycles. The summed E-state index contributed by atoms with van der Waals surface area (Å²) in [6.07, 6.45) is 5.16. The van der Waals surface area contributed by atoms with Crippen molar-refractivity contribution < 1.29 is 14.6 Å². The van der Waals surface area contributed by atoms with E-state index < -0.39 is 5.97 Å². The zero-order valence-electron chi connectivity index (χ0n) is 16.1. The molecule has 0 unspecified atom stereocenters. The second-order valence-corrected chi connectivity index (χ2v) is 8.02. The summed E-state index contributed by atoms with van der Waals surface area (Å²) < 4.78 is 7.33. The first kappa shape index (κ1) is 21.6. The van der Waals surface area contributed by atoms with E-state index in [1.54, 1.807) is 30.7 Å². The standard InChI is InChI=1S/C22H16Cl3N3O3/c23-15-8-13(11-31-6-3-20(29)30)7-14(9-15)18-10-19(28-5-4-26-12-28)16-1-2-17(24)21(25)22(16)27-18/h1-2,4-5,7-10,12H,3,6,11H2,(H,29,30). The van der Waals surface area contributed by atoms with Crippen LogP contribution in [0.1, 0.15) is 12.0 Å². The first-order chi connectivity index (χ1) is 14.9. The van der Waals surface area contributed by atoms with Crippen LogP contribution in [0, 0.1) is 0 Å². The molecular formula is C22H16Cl3N3O3. The van der Waals surface area contributed by atoms with Gasteiger partial charge in [-0.3, -0.25) is 4.79 Å². The lowest BCUT2D eigenvalue weighted by Gasteiger charge is -2.13. The Bertz CT molecular complexity index is 1260. The molecule has 1 N–H and O–H groups in total. The topological polar surface area (TPSA) is 77.2 Å². The van der Waals surface area contributed by atoms with Gasteiger partial charge in [-0.25, -0.2) is 9.97 Å². The number of fused-ring (bicyclic) bond motifs is 1. The largest absolute Gasteiger partial charge is 0.481 e. The van der Waals surface area contributed by atoms with E-state index in [0.717, 1.165) is 22.2 Å². The molecule has 6 nitrogen and oxygen atoms in total. The molecule has 0 saturated carbocycles. The Labute approximate surface area is 193 Å². The Kier molecular flexibility index (Phi) is 6.43. The van der Waals surface area contributed by atoms with E-state index in [-0.39, 0.29) is 19.6 Å². The number of pyridine rings is 1. The zero-order chi connectivity index (χ0) is 22.0. The highest BCUT2D eigenvalue weighted by Gasteiger charge is 2.14. The van der Waals surface area contributed by atoms with Crippen LogP contribution in [0.25, 0.3) is 27.8 Å². The minimum Gasteiger partial charge on any atom is -0.481 e. The number of aromatic nitrogens is 3. The number of ether oxygens (including phenoxy) is 1. The molecule has 2 heterocycles. The minimum absolute atomic E-state index is 0.0623. The van der Waals surface area contributed by atoms with Gasteiger partial charge in [-0.05, 0) is 42.0 Å². The Hall–Kier alpha value is -2.64. The highest BCUT2D eigenvalue weighted by molar-refractivity contribution is 6.45. The van der Waals surface area contributed by atoms with Crippen molar-refractivity contribution in [2.75, 3.05) is 6.61 Å². The van der Waals surface area contributed by atoms with Crippen LogP contribution >= 0.6 is 34.8 Å². The molecule has 158 valence electrons. The molecule has 0 aliphatic rings. The number of nitrogens with zero attached hydrogens (tertiary/aromatic N) is 3. The molecule has 0 spiro atoms. The third-order valence-corrected chi connectivity index (χ3v) is 5.63. The average molecular weight is 477 g/mol. The third kappa shape index (κ3) is 4.83. The van der Waals surface area contributed by atoms with Crippen LogP contribution in [0.4, 0.5) is 0 Å². The number of hydrogen-bond acceptors (Lipinski definition) is 4. The predicted octanol–water partition coefficient (Wildman–Crippen LogP) is 6.04. The maximum absolute atomic E-state index is 10.7. The summed E-state index contributed by atoms with van der Waals surface area (Å²) in [4.78, 5) is 19.5. The van der Waals surface area contributed by atoms with E-state index in [1.807, 2.05) is 29.0 Å². The van der Waals surface area contributed by atoms with Crippen LogP contribution in [0.2, 0.25) is 15.1 Å². The molecule has 9 heteroatoms. The van der Waals surface area contributed by atoms with Crippen LogP contribution in [-0.2, 0) is 16.1 Å². The molecule has 0 radical (unpaired) electrons. The quantitative estimate of drug-likeness (QED) is 0.329. The fourth-order valence-corrected chi connectivity index (χ4v) is 3.83. The van der Waals surface area contributed by atoms with Crippen molar-refractivity contribution in [2.45, 2.75) is 13.0 Å². The van der Waals surface area contributed by atoms with Gasteiger partial charge in [-0.15, -0.1) is 0 Å². The van der Waals surface area contributed by atoms with Gasteiger partial charge >= 0.3 is 5.97 Å². The predicted molar refractivity (Wildman–Crippen MR) is 121 cm³/mol. The summed E-state index contributed by atoms with van der Waals surface area (Å²) in [5, 5.41) is 10.9. The first-order valence-corrected chi connectivity index (χ1v) is 10.4. The minimum atomic E-state index is -0.908. The summed E-state index contributed by atoms with van der Waals surface area (Å²) in [5.74, 6) is -0.908. The third-order valence-electron chi connectivity index (χ3n) is 4.62. The van der Waals surface area contributed by atoms with E-state index in [4.69, 9.17) is 49.6 Å². The highest BCUT2D eigenvalue weighted by Crippen LogP contribution is 2.35. The van der Waals surface area contributed by atoms with Gasteiger partial charge in [-0.1, -0.05) is 34.8 Å². The Balaban J connectivity index is 1.79. The van der Waals surface area contributed by atoms with Gasteiger partial charge in [0.15, 0.2) is 0 Å². The van der Waals surface area contributed by atoms with Crippen LogP contribution in [-0.4, -0.2) is 32.2 Å². The summed E-state index contributed by atoms with van der Waals surface area (Å²) in [6, 6.07) is 11.0. The number of carboxylic acids is 1. The number of hydrogen-bond donors (Lipinski definition) is 1. The van der Waals surface area contributed by atoms with Crippen LogP contribution in [0.3, 0.4) is 0 Å². The lowest BCUT2D eigenvalue weighted by molar-refractivity contribution is -0.138. The fourth-order valence-electron chi connectivity index (χ4n) is 3.21. The Morgan fingerprint density at radius 3 is 2.71 bits per heavy atom. The van der Waals surface area contributed by atoms with Crippen molar-refractivity contribution in [1.82, 2.24) is 14.5 Å². The molecule has 4 rings (SSSR count). The second kappa shape index (κ2) is 9.24. The van der Waals surface area contributed by atoms with Crippen LogP contribution < -0.4 is 0 Å². The molecule has 0 aliphatic heterocycles. The van der Waals surface area contributed by atoms with Crippen molar-refractivity contribution in [3.05, 3.63) is 75.8 Å². The molecular weight excluding hydrogens is 461 g/mol. The molecule has 31 heavy (non-hydrogen) atoms. The lowest BCUT2D eigenvalue weighted by atomic mass is 10.0. The van der Waals surface area contributed by atoms with E-state index in [1.165, 1.54) is 0 Å². The number of rotatable bonds is 7. The Morgan fingerprint density at radius 1 is 1.13 bits per heavy atom. The average Bonchev–Trinajstić information content (AvgIpc) is 3.27. The molecule has 0 bridgehead atoms. The zero-order valence-corrected chi connectivity index (χ0v) is 18.3. The van der Waals surface area contributed by atoms with Gasteiger partial charge in [0.2, 0.25) is 0 Å². The number of carboxylic acid groups (broad SMARTS) is 1. The molecule has 0 aliphatic carbocycles. The second-order valence-electron chi connectivity index (χ2n) is 6.80. The van der Waals surface area contributed by atoms with Gasteiger partial charge in [0, 0.05) is 28.4 Å². The summed E-state index contributed by atoms with van der Waals surface area (Å²) >= 11 is 19.1. The smallest absolute Gasteiger partial charge is 0.305 e. The molecule has 0 saturated heterocycles. The van der Waals surface area contributed by atoms with Gasteiger partial charge in [-0.2, -0.15) is 0 Å². The summed E-state index contributed by atoms with van der Waals surface area (Å²) in [5.41, 5.74) is 3.62. The number of aliphatic carboxylic acids is 1. The van der Waals surface area contributed by atoms with Crippen LogP contribution in [0.5, 0.6) is 0 Å². The van der Waals surface area contributed by atoms with Gasteiger partial charge in [0.05, 0.1) is 52.9 Å². The summed E-state index contributed by atoms with van der Waals surface area (Å²) in [7, 11) is 0. The maximum Gasteiger partial charge on any atom is 0.305 e. The van der Waals surface area contributed by atoms with Gasteiger partial charge in [0.25, 0.3) is 0 Å². The van der Waals surface area contributed by atoms with Crippen molar-refractivity contribution >= 4 is 51.7 Å². The van der Waals surface area contributed by atoms with Crippen molar-refractivity contribution in [2.24, 2.45) is 0 Å². The van der Waals surface area contributed by atoms with E-state index in [2.05, 4.69) is 4.98 Å². The Morgan fingerprint density at radius 2 is 1.97 bits per heavy atom.